The van der Waals surface area contributed by atoms with Gasteiger partial charge in [-0.15, -0.1) is 11.3 Å². The Hall–Kier alpha value is -1.66. The van der Waals surface area contributed by atoms with Crippen molar-refractivity contribution in [1.29, 1.82) is 0 Å². The topological polar surface area (TPSA) is 66.6 Å². The van der Waals surface area contributed by atoms with Crippen LogP contribution in [0.3, 0.4) is 0 Å². The van der Waals surface area contributed by atoms with Crippen LogP contribution >= 0.6 is 11.3 Å². The van der Waals surface area contributed by atoms with Crippen molar-refractivity contribution in [3.63, 3.8) is 0 Å². The average molecular weight is 346 g/mol. The van der Waals surface area contributed by atoms with Crippen LogP contribution in [0.15, 0.2) is 22.1 Å². The zero-order valence-electron chi connectivity index (χ0n) is 13.8. The minimum Gasteiger partial charge on any atom is -0.468 e. The van der Waals surface area contributed by atoms with E-state index in [0.717, 1.165) is 29.3 Å². The van der Waals surface area contributed by atoms with Crippen LogP contribution in [0.4, 0.5) is 0 Å². The fourth-order valence-electron chi connectivity index (χ4n) is 3.40. The van der Waals surface area contributed by atoms with Crippen LogP contribution in [0.1, 0.15) is 58.4 Å². The molecule has 6 heteroatoms. The molecule has 3 heterocycles. The van der Waals surface area contributed by atoms with Gasteiger partial charge in [0.1, 0.15) is 5.76 Å². The summed E-state index contributed by atoms with van der Waals surface area (Å²) in [6.07, 6.45) is 5.60. The van der Waals surface area contributed by atoms with E-state index in [1.54, 1.807) is 23.7 Å². The van der Waals surface area contributed by atoms with Gasteiger partial charge in [-0.05, 0) is 38.7 Å². The average Bonchev–Trinajstić information content (AvgIpc) is 3.15. The number of aliphatic hydroxyl groups is 1. The molecule has 2 fully saturated rings. The summed E-state index contributed by atoms with van der Waals surface area (Å²) in [6.45, 7) is 3.12. The van der Waals surface area contributed by atoms with Crippen LogP contribution in [0, 0.1) is 6.92 Å². The molecule has 0 atom stereocenters. The maximum Gasteiger partial charge on any atom is 0.257 e. The van der Waals surface area contributed by atoms with E-state index in [0.29, 0.717) is 43.8 Å². The molecule has 1 aliphatic carbocycles. The molecule has 1 N–H and O–H groups in total. The van der Waals surface area contributed by atoms with Gasteiger partial charge >= 0.3 is 0 Å². The number of amides is 1. The Morgan fingerprint density at radius 2 is 2.21 bits per heavy atom. The monoisotopic (exact) mass is 346 g/mol. The molecule has 24 heavy (non-hydrogen) atoms. The number of furan rings is 1. The SMILES string of the molecule is Cc1csc(CC2(O)CCN(C(=O)c3ccoc3C3CC3)CC2)n1. The molecule has 4 rings (SSSR count). The number of aromatic nitrogens is 1. The van der Waals surface area contributed by atoms with Gasteiger partial charge in [0.2, 0.25) is 0 Å². The molecule has 2 aromatic heterocycles. The Bertz CT molecular complexity index is 739. The minimum atomic E-state index is -0.753. The fraction of sp³-hybridized carbons (Fsp3) is 0.556. The number of hydrogen-bond acceptors (Lipinski definition) is 5. The predicted octanol–water partition coefficient (Wildman–Crippen LogP) is 3.13. The van der Waals surface area contributed by atoms with Crippen LogP contribution in [-0.2, 0) is 6.42 Å². The number of hydrogen-bond donors (Lipinski definition) is 1. The van der Waals surface area contributed by atoms with Crippen molar-refractivity contribution in [3.8, 4) is 0 Å². The highest BCUT2D eigenvalue weighted by atomic mass is 32.1. The normalized spacial score (nSPS) is 20.3. The molecule has 1 amide bonds. The molecule has 0 spiro atoms. The molecule has 0 unspecified atom stereocenters. The molecule has 2 aliphatic rings. The minimum absolute atomic E-state index is 0.0396. The van der Waals surface area contributed by atoms with E-state index in [9.17, 15) is 9.90 Å². The van der Waals surface area contributed by atoms with Gasteiger partial charge < -0.3 is 14.4 Å². The molecule has 2 aromatic rings. The Balaban J connectivity index is 1.40. The third kappa shape index (κ3) is 3.13. The Kier molecular flexibility index (Phi) is 3.96. The quantitative estimate of drug-likeness (QED) is 0.924. The van der Waals surface area contributed by atoms with Gasteiger partial charge in [-0.2, -0.15) is 0 Å². The summed E-state index contributed by atoms with van der Waals surface area (Å²) >= 11 is 1.59. The molecule has 1 aliphatic heterocycles. The smallest absolute Gasteiger partial charge is 0.257 e. The Morgan fingerprint density at radius 3 is 2.83 bits per heavy atom. The predicted molar refractivity (Wildman–Crippen MR) is 91.3 cm³/mol. The van der Waals surface area contributed by atoms with Crippen molar-refractivity contribution in [2.75, 3.05) is 13.1 Å². The van der Waals surface area contributed by atoms with E-state index in [4.69, 9.17) is 4.42 Å². The van der Waals surface area contributed by atoms with Gasteiger partial charge in [-0.3, -0.25) is 4.79 Å². The summed E-state index contributed by atoms with van der Waals surface area (Å²) in [5.74, 6) is 1.31. The van der Waals surface area contributed by atoms with Crippen LogP contribution in [0.2, 0.25) is 0 Å². The van der Waals surface area contributed by atoms with Crippen molar-refractivity contribution in [2.24, 2.45) is 0 Å². The van der Waals surface area contributed by atoms with Crippen LogP contribution in [-0.4, -0.2) is 39.6 Å². The number of carbonyl (C=O) groups is 1. The molecule has 1 saturated carbocycles. The third-order valence-corrected chi connectivity index (χ3v) is 5.97. The van der Waals surface area contributed by atoms with E-state index < -0.39 is 5.60 Å². The van der Waals surface area contributed by atoms with Crippen molar-refractivity contribution in [2.45, 2.75) is 50.5 Å². The first kappa shape index (κ1) is 15.8. The Labute approximate surface area is 145 Å². The molecule has 0 radical (unpaired) electrons. The van der Waals surface area contributed by atoms with E-state index in [-0.39, 0.29) is 5.91 Å². The third-order valence-electron chi connectivity index (χ3n) is 5.00. The van der Waals surface area contributed by atoms with Gasteiger partial charge in [-0.25, -0.2) is 4.98 Å². The second kappa shape index (κ2) is 6.01. The van der Waals surface area contributed by atoms with E-state index >= 15 is 0 Å². The van der Waals surface area contributed by atoms with E-state index in [1.165, 1.54) is 0 Å². The number of carbonyl (C=O) groups excluding carboxylic acids is 1. The van der Waals surface area contributed by atoms with Gasteiger partial charge in [0.05, 0.1) is 22.4 Å². The zero-order chi connectivity index (χ0) is 16.7. The lowest BCUT2D eigenvalue weighted by molar-refractivity contribution is -0.0163. The molecule has 128 valence electrons. The van der Waals surface area contributed by atoms with Gasteiger partial charge in [0, 0.05) is 36.5 Å². The number of thiazole rings is 1. The number of aryl methyl sites for hydroxylation is 1. The standard InChI is InChI=1S/C18H22N2O3S/c1-12-11-24-15(19-12)10-18(22)5-7-20(8-6-18)17(21)14-4-9-23-16(14)13-2-3-13/h4,9,11,13,22H,2-3,5-8,10H2,1H3. The number of likely N-dealkylation sites (tertiary alicyclic amines) is 1. The van der Waals surface area contributed by atoms with Crippen molar-refractivity contribution >= 4 is 17.2 Å². The number of piperidine rings is 1. The van der Waals surface area contributed by atoms with Crippen LogP contribution < -0.4 is 0 Å². The summed E-state index contributed by atoms with van der Waals surface area (Å²) < 4.78 is 5.52. The molecule has 1 saturated heterocycles. The van der Waals surface area contributed by atoms with Gasteiger partial charge in [-0.1, -0.05) is 0 Å². The summed E-state index contributed by atoms with van der Waals surface area (Å²) in [5.41, 5.74) is 0.953. The molecule has 0 bridgehead atoms. The first-order valence-corrected chi connectivity index (χ1v) is 9.42. The van der Waals surface area contributed by atoms with Crippen molar-refractivity contribution in [1.82, 2.24) is 9.88 Å². The zero-order valence-corrected chi connectivity index (χ0v) is 14.6. The molecular formula is C18H22N2O3S. The van der Waals surface area contributed by atoms with Crippen molar-refractivity contribution in [3.05, 3.63) is 39.7 Å². The lowest BCUT2D eigenvalue weighted by Crippen LogP contribution is -2.47. The number of nitrogens with zero attached hydrogens (tertiary/aromatic N) is 2. The largest absolute Gasteiger partial charge is 0.468 e. The van der Waals surface area contributed by atoms with Crippen molar-refractivity contribution < 1.29 is 14.3 Å². The van der Waals surface area contributed by atoms with Gasteiger partial charge in [0.15, 0.2) is 0 Å². The highest BCUT2D eigenvalue weighted by Gasteiger charge is 2.37. The maximum absolute atomic E-state index is 12.8. The maximum atomic E-state index is 12.8. The first-order chi connectivity index (χ1) is 11.5. The summed E-state index contributed by atoms with van der Waals surface area (Å²) in [6, 6.07) is 1.79. The summed E-state index contributed by atoms with van der Waals surface area (Å²) in [4.78, 5) is 19.1. The Morgan fingerprint density at radius 1 is 1.46 bits per heavy atom. The van der Waals surface area contributed by atoms with E-state index in [1.807, 2.05) is 17.2 Å². The lowest BCUT2D eigenvalue weighted by Gasteiger charge is -2.37. The second-order valence-corrected chi connectivity index (χ2v) is 7.99. The molecule has 5 nitrogen and oxygen atoms in total. The molecular weight excluding hydrogens is 324 g/mol. The molecule has 0 aromatic carbocycles. The summed E-state index contributed by atoms with van der Waals surface area (Å²) in [5, 5.41) is 13.8. The van der Waals surface area contributed by atoms with E-state index in [2.05, 4.69) is 4.98 Å². The highest BCUT2D eigenvalue weighted by Crippen LogP contribution is 2.42. The fourth-order valence-corrected chi connectivity index (χ4v) is 4.31. The second-order valence-electron chi connectivity index (χ2n) is 7.05. The van der Waals surface area contributed by atoms with Crippen LogP contribution in [0.5, 0.6) is 0 Å². The number of rotatable bonds is 4. The highest BCUT2D eigenvalue weighted by molar-refractivity contribution is 7.09. The first-order valence-electron chi connectivity index (χ1n) is 8.54. The summed E-state index contributed by atoms with van der Waals surface area (Å²) in [7, 11) is 0. The van der Waals surface area contributed by atoms with Gasteiger partial charge in [0.25, 0.3) is 5.91 Å². The van der Waals surface area contributed by atoms with Crippen LogP contribution in [0.25, 0.3) is 0 Å². The lowest BCUT2D eigenvalue weighted by atomic mass is 9.88.